The van der Waals surface area contributed by atoms with Crippen molar-refractivity contribution in [3.63, 3.8) is 0 Å². The number of anilines is 2. The molecule has 0 bridgehead atoms. The molecule has 5 rings (SSSR count). The minimum absolute atomic E-state index is 0.0734. The van der Waals surface area contributed by atoms with E-state index in [2.05, 4.69) is 25.3 Å². The molecule has 1 N–H and O–H groups in total. The highest BCUT2D eigenvalue weighted by atomic mass is 35.5. The quantitative estimate of drug-likeness (QED) is 0.166. The van der Waals surface area contributed by atoms with E-state index in [4.69, 9.17) is 21.1 Å². The number of nitrogens with one attached hydrogen (secondary N) is 1. The number of ether oxygens (including phenoxy) is 2. The van der Waals surface area contributed by atoms with E-state index in [-0.39, 0.29) is 19.0 Å². The van der Waals surface area contributed by atoms with Crippen molar-refractivity contribution in [1.82, 2.24) is 19.9 Å². The summed E-state index contributed by atoms with van der Waals surface area (Å²) in [5.41, 5.74) is 2.29. The largest absolute Gasteiger partial charge is 0.487 e. The van der Waals surface area contributed by atoms with Gasteiger partial charge in [0.25, 0.3) is 0 Å². The predicted molar refractivity (Wildman–Crippen MR) is 162 cm³/mol. The zero-order valence-electron chi connectivity index (χ0n) is 22.9. The van der Waals surface area contributed by atoms with E-state index in [1.807, 2.05) is 11.4 Å². The van der Waals surface area contributed by atoms with Crippen molar-refractivity contribution < 1.29 is 22.3 Å². The summed E-state index contributed by atoms with van der Waals surface area (Å²) in [6, 6.07) is 13.3. The van der Waals surface area contributed by atoms with Gasteiger partial charge in [0, 0.05) is 16.5 Å². The van der Waals surface area contributed by atoms with Crippen LogP contribution < -0.4 is 10.1 Å². The standard InChI is InChI=1S/C29H27ClFN5O4S2/c1-17(2)42(37,38)18(3)39-14-28-36-26(15-41-28)24-11-22-25(12-32-24)33-16-34-29(22)35-21-7-8-27(23(30)10-21)40-13-19-5-4-6-20(31)9-19/h4-12,15-18H,13-14H2,1-3H3,(H,33,34,35). The predicted octanol–water partition coefficient (Wildman–Crippen LogP) is 6.95. The van der Waals surface area contributed by atoms with Gasteiger partial charge in [0.05, 0.1) is 33.4 Å². The zero-order chi connectivity index (χ0) is 29.9. The molecule has 0 radical (unpaired) electrons. The van der Waals surface area contributed by atoms with Crippen LogP contribution in [-0.4, -0.2) is 39.0 Å². The molecule has 2 aromatic carbocycles. The Morgan fingerprint density at radius 1 is 1.02 bits per heavy atom. The molecule has 0 fully saturated rings. The molecule has 0 saturated heterocycles. The fourth-order valence-corrected chi connectivity index (χ4v) is 5.95. The number of thiazole rings is 1. The van der Waals surface area contributed by atoms with Crippen molar-refractivity contribution >= 4 is 55.2 Å². The molecule has 0 amide bonds. The third-order valence-corrected chi connectivity index (χ3v) is 9.87. The molecular weight excluding hydrogens is 601 g/mol. The van der Waals surface area contributed by atoms with Gasteiger partial charge < -0.3 is 14.8 Å². The number of hydrogen-bond donors (Lipinski definition) is 1. The van der Waals surface area contributed by atoms with Gasteiger partial charge in [-0.25, -0.2) is 27.8 Å². The fourth-order valence-electron chi connectivity index (χ4n) is 3.98. The van der Waals surface area contributed by atoms with Gasteiger partial charge >= 0.3 is 0 Å². The molecular formula is C29H27ClFN5O4S2. The molecule has 3 heterocycles. The molecule has 5 aromatic rings. The number of hydrogen-bond acceptors (Lipinski definition) is 10. The van der Waals surface area contributed by atoms with Gasteiger partial charge in [0.1, 0.15) is 41.9 Å². The Morgan fingerprint density at radius 2 is 1.86 bits per heavy atom. The van der Waals surface area contributed by atoms with Gasteiger partial charge in [0.2, 0.25) is 0 Å². The van der Waals surface area contributed by atoms with E-state index < -0.39 is 20.5 Å². The van der Waals surface area contributed by atoms with Gasteiger partial charge in [-0.05, 0) is 62.7 Å². The highest BCUT2D eigenvalue weighted by Crippen LogP contribution is 2.32. The van der Waals surface area contributed by atoms with Crippen LogP contribution in [0, 0.1) is 5.82 Å². The lowest BCUT2D eigenvalue weighted by molar-refractivity contribution is 0.103. The smallest absolute Gasteiger partial charge is 0.179 e. The maximum absolute atomic E-state index is 13.5. The van der Waals surface area contributed by atoms with Gasteiger partial charge in [-0.15, -0.1) is 11.3 Å². The Morgan fingerprint density at radius 3 is 2.62 bits per heavy atom. The third-order valence-electron chi connectivity index (χ3n) is 6.38. The average Bonchev–Trinajstić information content (AvgIpc) is 3.44. The van der Waals surface area contributed by atoms with Crippen LogP contribution >= 0.6 is 22.9 Å². The molecule has 0 saturated carbocycles. The third kappa shape index (κ3) is 6.84. The molecule has 0 spiro atoms. The first-order chi connectivity index (χ1) is 20.1. The number of aromatic nitrogens is 4. The summed E-state index contributed by atoms with van der Waals surface area (Å²) < 4.78 is 49.4. The summed E-state index contributed by atoms with van der Waals surface area (Å²) >= 11 is 7.83. The second kappa shape index (κ2) is 12.7. The van der Waals surface area contributed by atoms with Crippen LogP contribution in [0.15, 0.2) is 66.4 Å². The first kappa shape index (κ1) is 29.8. The van der Waals surface area contributed by atoms with Gasteiger partial charge in [0.15, 0.2) is 15.3 Å². The van der Waals surface area contributed by atoms with Crippen molar-refractivity contribution in [1.29, 1.82) is 0 Å². The van der Waals surface area contributed by atoms with E-state index in [0.29, 0.717) is 55.1 Å². The van der Waals surface area contributed by atoms with Crippen LogP contribution in [0.1, 0.15) is 31.3 Å². The number of benzene rings is 2. The zero-order valence-corrected chi connectivity index (χ0v) is 25.3. The number of pyridine rings is 1. The highest BCUT2D eigenvalue weighted by Gasteiger charge is 2.25. The molecule has 9 nitrogen and oxygen atoms in total. The summed E-state index contributed by atoms with van der Waals surface area (Å²) in [5, 5.41) is 6.32. The van der Waals surface area contributed by atoms with Crippen LogP contribution in [0.5, 0.6) is 5.75 Å². The molecule has 3 aromatic heterocycles. The molecule has 0 aliphatic heterocycles. The fraction of sp³-hybridized carbons (Fsp3) is 0.241. The summed E-state index contributed by atoms with van der Waals surface area (Å²) in [5.74, 6) is 0.676. The van der Waals surface area contributed by atoms with E-state index in [1.165, 1.54) is 36.7 Å². The van der Waals surface area contributed by atoms with Crippen LogP contribution in [-0.2, 0) is 27.8 Å². The number of sulfone groups is 1. The average molecular weight is 628 g/mol. The maximum atomic E-state index is 13.5. The van der Waals surface area contributed by atoms with Gasteiger partial charge in [-0.2, -0.15) is 0 Å². The van der Waals surface area contributed by atoms with Crippen molar-refractivity contribution in [3.05, 3.63) is 87.8 Å². The monoisotopic (exact) mass is 627 g/mol. The van der Waals surface area contributed by atoms with Gasteiger partial charge in [-0.3, -0.25) is 4.98 Å². The molecule has 1 unspecified atom stereocenters. The molecule has 13 heteroatoms. The maximum Gasteiger partial charge on any atom is 0.179 e. The lowest BCUT2D eigenvalue weighted by Gasteiger charge is -2.15. The second-order valence-corrected chi connectivity index (χ2v) is 13.8. The Balaban J connectivity index is 1.31. The molecule has 1 atom stereocenters. The Labute approximate surface area is 251 Å². The number of nitrogens with zero attached hydrogens (tertiary/aromatic N) is 4. The lowest BCUT2D eigenvalue weighted by Crippen LogP contribution is -2.28. The summed E-state index contributed by atoms with van der Waals surface area (Å²) in [4.78, 5) is 17.8. The van der Waals surface area contributed by atoms with Crippen LogP contribution in [0.4, 0.5) is 15.9 Å². The molecule has 0 aliphatic carbocycles. The van der Waals surface area contributed by atoms with Crippen LogP contribution in [0.3, 0.4) is 0 Å². The number of fused-ring (bicyclic) bond motifs is 1. The van der Waals surface area contributed by atoms with E-state index in [9.17, 15) is 12.8 Å². The summed E-state index contributed by atoms with van der Waals surface area (Å²) in [7, 11) is -3.37. The Bertz CT molecular complexity index is 1830. The second-order valence-electron chi connectivity index (χ2n) is 9.64. The number of rotatable bonds is 11. The molecule has 42 heavy (non-hydrogen) atoms. The van der Waals surface area contributed by atoms with Crippen molar-refractivity contribution in [2.24, 2.45) is 0 Å². The minimum Gasteiger partial charge on any atom is -0.487 e. The first-order valence-corrected chi connectivity index (χ1v) is 15.8. The van der Waals surface area contributed by atoms with Crippen LogP contribution in [0.25, 0.3) is 22.3 Å². The minimum atomic E-state index is -3.37. The molecule has 0 aliphatic rings. The van der Waals surface area contributed by atoms with Crippen LogP contribution in [0.2, 0.25) is 5.02 Å². The normalized spacial score (nSPS) is 12.5. The SMILES string of the molecule is CC(C)S(=O)(=O)C(C)OCc1nc(-c2cc3c(Nc4ccc(OCc5cccc(F)c5)c(Cl)c4)ncnc3cn2)cs1. The van der Waals surface area contributed by atoms with E-state index in [1.54, 1.807) is 50.4 Å². The van der Waals surface area contributed by atoms with Gasteiger partial charge in [-0.1, -0.05) is 23.7 Å². The lowest BCUT2D eigenvalue weighted by atomic mass is 10.2. The first-order valence-electron chi connectivity index (χ1n) is 12.9. The van der Waals surface area contributed by atoms with E-state index in [0.717, 1.165) is 0 Å². The summed E-state index contributed by atoms with van der Waals surface area (Å²) in [6.45, 7) is 5.04. The molecule has 218 valence electrons. The summed E-state index contributed by atoms with van der Waals surface area (Å²) in [6.07, 6.45) is 3.08. The topological polar surface area (TPSA) is 116 Å². The highest BCUT2D eigenvalue weighted by molar-refractivity contribution is 7.92. The number of halogens is 2. The Kier molecular flexibility index (Phi) is 8.97. The van der Waals surface area contributed by atoms with E-state index >= 15 is 0 Å². The van der Waals surface area contributed by atoms with Crippen molar-refractivity contribution in [3.8, 4) is 17.1 Å². The van der Waals surface area contributed by atoms with Crippen molar-refractivity contribution in [2.75, 3.05) is 5.32 Å². The Hall–Kier alpha value is -3.71. The van der Waals surface area contributed by atoms with Crippen molar-refractivity contribution in [2.45, 2.75) is 44.7 Å².